The van der Waals surface area contributed by atoms with Crippen molar-refractivity contribution in [1.29, 1.82) is 0 Å². The highest BCUT2D eigenvalue weighted by molar-refractivity contribution is 5.94. The molecule has 5 rings (SSSR count). The van der Waals surface area contributed by atoms with E-state index in [4.69, 9.17) is 0 Å². The lowest BCUT2D eigenvalue weighted by Gasteiger charge is -2.39. The molecule has 3 heterocycles. The predicted octanol–water partition coefficient (Wildman–Crippen LogP) is 2.84. The monoisotopic (exact) mass is 457 g/mol. The summed E-state index contributed by atoms with van der Waals surface area (Å²) >= 11 is 0. The summed E-state index contributed by atoms with van der Waals surface area (Å²) in [5.41, 5.74) is 4.89. The number of carbonyl (C=O) groups is 2. The Hall–Kier alpha value is -3.78. The molecule has 2 aliphatic rings. The van der Waals surface area contributed by atoms with E-state index in [0.717, 1.165) is 28.8 Å². The van der Waals surface area contributed by atoms with Crippen LogP contribution in [0.4, 0.5) is 5.69 Å². The number of amides is 2. The van der Waals surface area contributed by atoms with Crippen LogP contribution in [0.3, 0.4) is 0 Å². The van der Waals surface area contributed by atoms with Crippen molar-refractivity contribution in [2.45, 2.75) is 18.5 Å². The number of aromatic nitrogens is 2. The molecule has 174 valence electrons. The van der Waals surface area contributed by atoms with Crippen molar-refractivity contribution in [2.24, 2.45) is 5.92 Å². The number of nitrogens with zero attached hydrogens (tertiary/aromatic N) is 4. The van der Waals surface area contributed by atoms with Crippen LogP contribution in [0.15, 0.2) is 61.1 Å². The Bertz CT molecular complexity index is 1210. The highest BCUT2D eigenvalue weighted by Gasteiger charge is 2.46. The van der Waals surface area contributed by atoms with Gasteiger partial charge in [-0.1, -0.05) is 18.2 Å². The molecule has 34 heavy (non-hydrogen) atoms. The van der Waals surface area contributed by atoms with Crippen molar-refractivity contribution in [1.82, 2.24) is 19.8 Å². The number of fused-ring (bicyclic) bond motifs is 3. The fraction of sp³-hybridized carbons (Fsp3) is 0.308. The molecule has 0 spiro atoms. The van der Waals surface area contributed by atoms with Crippen LogP contribution < -0.4 is 5.32 Å². The van der Waals surface area contributed by atoms with Gasteiger partial charge in [0.25, 0.3) is 11.8 Å². The molecule has 1 fully saturated rings. The molecule has 2 N–H and O–H groups in total. The second-order valence-corrected chi connectivity index (χ2v) is 9.00. The van der Waals surface area contributed by atoms with Gasteiger partial charge in [-0.05, 0) is 47.4 Å². The molecule has 0 aliphatic carbocycles. The van der Waals surface area contributed by atoms with Crippen molar-refractivity contribution in [3.8, 4) is 11.1 Å². The highest BCUT2D eigenvalue weighted by atomic mass is 16.3. The van der Waals surface area contributed by atoms with Crippen LogP contribution in [-0.2, 0) is 0 Å². The van der Waals surface area contributed by atoms with Gasteiger partial charge in [0, 0.05) is 50.2 Å². The summed E-state index contributed by atoms with van der Waals surface area (Å²) in [6.45, 7) is 0.588. The van der Waals surface area contributed by atoms with Gasteiger partial charge in [-0.2, -0.15) is 0 Å². The smallest absolute Gasteiger partial charge is 0.274 e. The normalized spacial score (nSPS) is 20.8. The minimum absolute atomic E-state index is 0.00308. The molecule has 8 nitrogen and oxygen atoms in total. The Labute approximate surface area is 198 Å². The van der Waals surface area contributed by atoms with Crippen LogP contribution >= 0.6 is 0 Å². The van der Waals surface area contributed by atoms with E-state index < -0.39 is 0 Å². The predicted molar refractivity (Wildman–Crippen MR) is 128 cm³/mol. The number of benzene rings is 2. The van der Waals surface area contributed by atoms with Crippen LogP contribution in [0.1, 0.15) is 38.9 Å². The number of aliphatic hydroxyl groups excluding tert-OH is 1. The number of likely N-dealkylation sites (tertiary alicyclic amines) is 1. The number of anilines is 1. The summed E-state index contributed by atoms with van der Waals surface area (Å²) in [5.74, 6) is -0.0984. The average molecular weight is 458 g/mol. The summed E-state index contributed by atoms with van der Waals surface area (Å²) in [5, 5.41) is 13.5. The van der Waals surface area contributed by atoms with E-state index in [0.29, 0.717) is 17.8 Å². The fourth-order valence-electron chi connectivity index (χ4n) is 5.09. The van der Waals surface area contributed by atoms with Crippen molar-refractivity contribution < 1.29 is 14.7 Å². The zero-order chi connectivity index (χ0) is 23.8. The van der Waals surface area contributed by atoms with Crippen LogP contribution in [0.2, 0.25) is 0 Å². The average Bonchev–Trinajstić information content (AvgIpc) is 3.33. The summed E-state index contributed by atoms with van der Waals surface area (Å²) in [4.78, 5) is 37.2. The minimum atomic E-state index is -0.169. The third-order valence-corrected chi connectivity index (χ3v) is 6.78. The fourth-order valence-corrected chi connectivity index (χ4v) is 5.09. The number of aliphatic hydroxyl groups is 1. The van der Waals surface area contributed by atoms with Crippen molar-refractivity contribution in [3.63, 3.8) is 0 Å². The van der Waals surface area contributed by atoms with Gasteiger partial charge in [-0.3, -0.25) is 14.6 Å². The molecule has 1 aromatic heterocycles. The SMILES string of the molecule is CN(C)C(=O)c1ccc(-c2ccc3c(c2)[C@H]2[C@H](CCN2C(=O)c2cnccn2)[C@H](CO)N3)cc1. The molecule has 1 saturated heterocycles. The second-order valence-electron chi connectivity index (χ2n) is 9.00. The Balaban J connectivity index is 1.52. The first-order valence-electron chi connectivity index (χ1n) is 11.4. The largest absolute Gasteiger partial charge is 0.394 e. The standard InChI is InChI=1S/C26H27N5O3/c1-30(2)25(33)17-5-3-16(4-6-17)18-7-8-21-20(13-18)24-19(23(15-32)29-21)9-12-31(24)26(34)22-14-27-10-11-28-22/h3-8,10-11,13-14,19,23-24,29,32H,9,12,15H2,1-2H3/t19-,23+,24-/m1/s1. The Kier molecular flexibility index (Phi) is 5.75. The zero-order valence-electron chi connectivity index (χ0n) is 19.2. The summed E-state index contributed by atoms with van der Waals surface area (Å²) < 4.78 is 0. The third kappa shape index (κ3) is 3.80. The van der Waals surface area contributed by atoms with Gasteiger partial charge in [0.2, 0.25) is 0 Å². The van der Waals surface area contributed by atoms with Crippen LogP contribution in [0.25, 0.3) is 11.1 Å². The third-order valence-electron chi connectivity index (χ3n) is 6.78. The molecular formula is C26H27N5O3. The number of rotatable bonds is 4. The van der Waals surface area contributed by atoms with Gasteiger partial charge in [0.1, 0.15) is 5.69 Å². The summed E-state index contributed by atoms with van der Waals surface area (Å²) in [6.07, 6.45) is 5.36. The maximum atomic E-state index is 13.3. The van der Waals surface area contributed by atoms with E-state index in [-0.39, 0.29) is 36.4 Å². The molecule has 3 aromatic rings. The van der Waals surface area contributed by atoms with E-state index >= 15 is 0 Å². The number of nitrogens with one attached hydrogen (secondary N) is 1. The first kappa shape index (κ1) is 22.0. The van der Waals surface area contributed by atoms with Gasteiger partial charge in [0.05, 0.1) is 24.9 Å². The van der Waals surface area contributed by atoms with Gasteiger partial charge in [0.15, 0.2) is 0 Å². The molecule has 2 aliphatic heterocycles. The lowest BCUT2D eigenvalue weighted by atomic mass is 9.82. The second kappa shape index (κ2) is 8.87. The van der Waals surface area contributed by atoms with Crippen molar-refractivity contribution in [3.05, 3.63) is 77.9 Å². The van der Waals surface area contributed by atoms with Gasteiger partial charge in [-0.15, -0.1) is 0 Å². The molecule has 8 heteroatoms. The highest BCUT2D eigenvalue weighted by Crippen LogP contribution is 2.47. The summed E-state index contributed by atoms with van der Waals surface area (Å²) in [6, 6.07) is 13.4. The molecule has 0 bridgehead atoms. The Morgan fingerprint density at radius 1 is 1.12 bits per heavy atom. The van der Waals surface area contributed by atoms with Crippen LogP contribution in [0, 0.1) is 5.92 Å². The topological polar surface area (TPSA) is 98.7 Å². The maximum absolute atomic E-state index is 13.3. The lowest BCUT2D eigenvalue weighted by molar-refractivity contribution is 0.0694. The minimum Gasteiger partial charge on any atom is -0.394 e. The number of carbonyl (C=O) groups excluding carboxylic acids is 2. The van der Waals surface area contributed by atoms with E-state index in [9.17, 15) is 14.7 Å². The Morgan fingerprint density at radius 2 is 1.88 bits per heavy atom. The first-order valence-corrected chi connectivity index (χ1v) is 11.4. The molecular weight excluding hydrogens is 430 g/mol. The van der Waals surface area contributed by atoms with E-state index in [1.807, 2.05) is 41.3 Å². The molecule has 0 radical (unpaired) electrons. The zero-order valence-corrected chi connectivity index (χ0v) is 19.2. The van der Waals surface area contributed by atoms with Crippen LogP contribution in [0.5, 0.6) is 0 Å². The molecule has 3 atom stereocenters. The summed E-state index contributed by atoms with van der Waals surface area (Å²) in [7, 11) is 3.47. The van der Waals surface area contributed by atoms with E-state index in [2.05, 4.69) is 21.4 Å². The van der Waals surface area contributed by atoms with Gasteiger partial charge in [-0.25, -0.2) is 4.98 Å². The van der Waals surface area contributed by atoms with E-state index in [1.165, 1.54) is 12.4 Å². The van der Waals surface area contributed by atoms with Gasteiger partial charge >= 0.3 is 0 Å². The molecule has 0 unspecified atom stereocenters. The van der Waals surface area contributed by atoms with Crippen molar-refractivity contribution >= 4 is 17.5 Å². The van der Waals surface area contributed by atoms with Crippen molar-refractivity contribution in [2.75, 3.05) is 32.6 Å². The molecule has 2 aromatic carbocycles. The quantitative estimate of drug-likeness (QED) is 0.625. The first-order chi connectivity index (χ1) is 16.5. The van der Waals surface area contributed by atoms with Gasteiger partial charge < -0.3 is 20.2 Å². The number of hydrogen-bond acceptors (Lipinski definition) is 6. The van der Waals surface area contributed by atoms with Crippen LogP contribution in [-0.4, -0.2) is 70.0 Å². The van der Waals surface area contributed by atoms with E-state index in [1.54, 1.807) is 25.2 Å². The molecule has 2 amide bonds. The molecule has 0 saturated carbocycles. The number of hydrogen-bond donors (Lipinski definition) is 2. The maximum Gasteiger partial charge on any atom is 0.274 e. The Morgan fingerprint density at radius 3 is 2.56 bits per heavy atom. The lowest BCUT2D eigenvalue weighted by Crippen LogP contribution is -2.43.